The van der Waals surface area contributed by atoms with Crippen LogP contribution >= 0.6 is 0 Å². The monoisotopic (exact) mass is 1390 g/mol. The van der Waals surface area contributed by atoms with Crippen molar-refractivity contribution in [3.8, 4) is 0 Å². The number of imide groups is 1. The summed E-state index contributed by atoms with van der Waals surface area (Å²) in [4.78, 5) is 128. The predicted octanol–water partition coefficient (Wildman–Crippen LogP) is -0.306. The Bertz CT molecular complexity index is 2180. The van der Waals surface area contributed by atoms with Crippen molar-refractivity contribution in [2.75, 3.05) is 134 Å². The SMILES string of the molecule is CCC(CO)OC(CO)OC.CCC(CO)OC(COC(=O)CCCC(=O)NCCNC(=O)CCOCCOCCNC(=O)CCN1C(=O)C=CC1=O)OC.CCC(CO)OC(COC(=O)CCCC(=O)O)OC.[2H]C(C)(C)C(=O)CC(=O)CC(=O)OCC(OC)OC(CC)CO. The van der Waals surface area contributed by atoms with E-state index >= 15 is 0 Å². The number of hydrogen-bond acceptors (Lipinski definition) is 29. The molecular formula is C62H110N4O30. The molecule has 1 aliphatic heterocycles. The van der Waals surface area contributed by atoms with Gasteiger partial charge in [-0.25, -0.2) is 0 Å². The van der Waals surface area contributed by atoms with Gasteiger partial charge in [0.1, 0.15) is 32.0 Å². The van der Waals surface area contributed by atoms with Crippen LogP contribution in [0.5, 0.6) is 0 Å². The molecule has 0 fully saturated rings. The summed E-state index contributed by atoms with van der Waals surface area (Å²) >= 11 is 0. The number of nitrogens with zero attached hydrogens (tertiary/aromatic N) is 1. The van der Waals surface area contributed by atoms with Crippen molar-refractivity contribution in [3.05, 3.63) is 12.2 Å². The number of aliphatic hydroxyl groups excluding tert-OH is 5. The number of rotatable bonds is 55. The first kappa shape index (κ1) is 92.0. The zero-order valence-corrected chi connectivity index (χ0v) is 57.4. The molecule has 0 aromatic heterocycles. The maximum Gasteiger partial charge on any atom is 0.313 e. The highest BCUT2D eigenvalue weighted by atomic mass is 16.7. The molecule has 1 rings (SSSR count). The van der Waals surface area contributed by atoms with Crippen molar-refractivity contribution in [1.82, 2.24) is 20.9 Å². The molecule has 8 unspecified atom stereocenters. The second-order valence-electron chi connectivity index (χ2n) is 20.6. The second-order valence-corrected chi connectivity index (χ2v) is 20.6. The van der Waals surface area contributed by atoms with Crippen molar-refractivity contribution in [2.24, 2.45) is 5.89 Å². The zero-order valence-electron chi connectivity index (χ0n) is 58.4. The number of carboxylic acid groups (broad SMARTS) is 1. The fourth-order valence-corrected chi connectivity index (χ4v) is 6.91. The summed E-state index contributed by atoms with van der Waals surface area (Å²) in [6, 6.07) is 0. The summed E-state index contributed by atoms with van der Waals surface area (Å²) in [5, 5.41) is 60.9. The van der Waals surface area contributed by atoms with Gasteiger partial charge in [0.25, 0.3) is 11.8 Å². The van der Waals surface area contributed by atoms with Gasteiger partial charge in [0.05, 0.1) is 90.3 Å². The van der Waals surface area contributed by atoms with E-state index in [0.717, 1.165) is 4.90 Å². The highest BCUT2D eigenvalue weighted by molar-refractivity contribution is 6.13. The van der Waals surface area contributed by atoms with Gasteiger partial charge < -0.3 is 108 Å². The summed E-state index contributed by atoms with van der Waals surface area (Å²) in [5.74, 6) is -6.90. The van der Waals surface area contributed by atoms with Crippen LogP contribution in [0.3, 0.4) is 0 Å². The number of methoxy groups -OCH3 is 4. The largest absolute Gasteiger partial charge is 0.481 e. The van der Waals surface area contributed by atoms with Crippen molar-refractivity contribution < 1.29 is 146 Å². The predicted molar refractivity (Wildman–Crippen MR) is 337 cm³/mol. The Morgan fingerprint density at radius 1 is 0.469 bits per heavy atom. The van der Waals surface area contributed by atoms with Crippen molar-refractivity contribution in [2.45, 2.75) is 181 Å². The minimum atomic E-state index is -1.37. The number of carbonyl (C=O) groups is 11. The van der Waals surface area contributed by atoms with Crippen LogP contribution in [0.25, 0.3) is 0 Å². The summed E-state index contributed by atoms with van der Waals surface area (Å²) in [6.07, 6.45) is 0.163. The number of esters is 3. The van der Waals surface area contributed by atoms with Gasteiger partial charge in [-0.1, -0.05) is 41.5 Å². The third-order valence-corrected chi connectivity index (χ3v) is 12.8. The van der Waals surface area contributed by atoms with E-state index in [9.17, 15) is 57.8 Å². The first-order valence-electron chi connectivity index (χ1n) is 32.1. The van der Waals surface area contributed by atoms with Gasteiger partial charge in [0.15, 0.2) is 30.9 Å². The summed E-state index contributed by atoms with van der Waals surface area (Å²) in [5.41, 5.74) is 0. The van der Waals surface area contributed by atoms with E-state index in [0.29, 0.717) is 32.1 Å². The quantitative estimate of drug-likeness (QED) is 0.00942. The standard InChI is InChI=1S/C28H46N4O12.C15H26O7.C12H22O7.C7H16O4/c1-3-21(19-33)44-28(40-2)20-43-27(39)6-4-5-22(34)29-11-12-30-24(36)10-15-41-17-18-42-16-13-31-23(35)9-14-32-25(37)7-8-26(32)38;1-5-12(8-16)22-15(20-4)9-21-14(19)7-11(17)6-13(18)10(2)3;1-3-9(7-13)19-12(17-2)8-18-11(16)6-4-5-10(14)15;1-3-6(4-8)11-7(5-9)10-2/h7-8,21,28,33H,3-6,9-20H2,1-2H3,(H,29,34)(H,30,36)(H,31,35);10,12,15-16H,5-9H2,1-4H3;9,12-13H,3-8H2,1-2H3,(H,14,15);6-9H,3-5H2,1-2H3/i;10D;;. The Morgan fingerprint density at radius 2 is 0.844 bits per heavy atom. The molecule has 1 aliphatic rings. The van der Waals surface area contributed by atoms with Gasteiger partial charge in [-0.05, 0) is 38.5 Å². The highest BCUT2D eigenvalue weighted by Gasteiger charge is 2.25. The lowest BCUT2D eigenvalue weighted by Gasteiger charge is -2.21. The van der Waals surface area contributed by atoms with Gasteiger partial charge in [-0.3, -0.25) is 57.6 Å². The fraction of sp³-hybridized carbons (Fsp3) is 0.790. The van der Waals surface area contributed by atoms with Crippen molar-refractivity contribution in [1.29, 1.82) is 0 Å². The molecule has 0 aromatic carbocycles. The van der Waals surface area contributed by atoms with Crippen LogP contribution in [0, 0.1) is 5.89 Å². The summed E-state index contributed by atoms with van der Waals surface area (Å²) in [6.45, 7) is 10.8. The molecule has 8 atom stereocenters. The number of carboxylic acids is 1. The topological polar surface area (TPSA) is 468 Å². The lowest BCUT2D eigenvalue weighted by atomic mass is 10.0. The molecule has 0 radical (unpaired) electrons. The number of nitrogens with one attached hydrogen (secondary N) is 3. The van der Waals surface area contributed by atoms with Crippen LogP contribution in [0.4, 0.5) is 0 Å². The summed E-state index contributed by atoms with van der Waals surface area (Å²) < 4.78 is 74.1. The molecule has 558 valence electrons. The average molecular weight is 1390 g/mol. The maximum absolute atomic E-state index is 11.9. The Kier molecular flexibility index (Phi) is 59.8. The molecule has 96 heavy (non-hydrogen) atoms. The van der Waals surface area contributed by atoms with Crippen LogP contribution in [0.2, 0.25) is 0 Å². The number of amides is 5. The van der Waals surface area contributed by atoms with Crippen LogP contribution in [-0.4, -0.2) is 284 Å². The number of ketones is 2. The van der Waals surface area contributed by atoms with Gasteiger partial charge in [-0.15, -0.1) is 0 Å². The van der Waals surface area contributed by atoms with E-state index in [4.69, 9.17) is 88.5 Å². The molecular weight excluding hydrogens is 1280 g/mol. The molecule has 0 spiro atoms. The molecule has 9 N–H and O–H groups in total. The molecule has 0 saturated heterocycles. The number of aliphatic hydroxyl groups is 5. The van der Waals surface area contributed by atoms with E-state index in [1.165, 1.54) is 54.4 Å². The van der Waals surface area contributed by atoms with E-state index < -0.39 is 103 Å². The average Bonchev–Trinajstić information content (AvgIpc) is 1.80. The van der Waals surface area contributed by atoms with E-state index in [-0.39, 0.29) is 180 Å². The third kappa shape index (κ3) is 53.0. The third-order valence-electron chi connectivity index (χ3n) is 12.8. The number of carbonyl (C=O) groups excluding carboxylic acids is 10. The Morgan fingerprint density at radius 3 is 1.23 bits per heavy atom. The lowest BCUT2D eigenvalue weighted by molar-refractivity contribution is -0.194. The van der Waals surface area contributed by atoms with Crippen LogP contribution in [0.1, 0.15) is 133 Å². The first-order valence-corrected chi connectivity index (χ1v) is 31.6. The Hall–Kier alpha value is -6.09. The maximum atomic E-state index is 11.9. The minimum absolute atomic E-state index is 0.00954. The Balaban J connectivity index is -0.00000139. The van der Waals surface area contributed by atoms with E-state index in [1.54, 1.807) is 0 Å². The minimum Gasteiger partial charge on any atom is -0.481 e. The van der Waals surface area contributed by atoms with Crippen LogP contribution in [-0.2, 0) is 114 Å². The van der Waals surface area contributed by atoms with Gasteiger partial charge in [0, 0.05) is 113 Å². The number of hydrogen-bond donors (Lipinski definition) is 9. The van der Waals surface area contributed by atoms with E-state index in [2.05, 4.69) is 16.0 Å². The van der Waals surface area contributed by atoms with Crippen LogP contribution < -0.4 is 16.0 Å². The molecule has 0 aliphatic carbocycles. The molecule has 5 amide bonds. The molecule has 0 aromatic rings. The van der Waals surface area contributed by atoms with Crippen molar-refractivity contribution in [3.63, 3.8) is 0 Å². The molecule has 1 heterocycles. The fourth-order valence-electron chi connectivity index (χ4n) is 6.91. The molecule has 0 saturated carbocycles. The van der Waals surface area contributed by atoms with Crippen LogP contribution in [0.15, 0.2) is 12.2 Å². The highest BCUT2D eigenvalue weighted by Crippen LogP contribution is 2.10. The second kappa shape index (κ2) is 62.4. The number of ether oxygens (including phenoxy) is 13. The number of Topliss-reactive ketones (excluding diaryl/α,β-unsaturated/α-hetero) is 2. The van der Waals surface area contributed by atoms with Gasteiger partial charge >= 0.3 is 23.9 Å². The Labute approximate surface area is 563 Å². The zero-order chi connectivity index (χ0) is 74.0. The first-order chi connectivity index (χ1) is 46.1. The van der Waals surface area contributed by atoms with Gasteiger partial charge in [0.2, 0.25) is 17.7 Å². The smallest absolute Gasteiger partial charge is 0.313 e. The lowest BCUT2D eigenvalue weighted by Crippen LogP contribution is -2.35. The van der Waals surface area contributed by atoms with E-state index in [1.807, 2.05) is 27.7 Å². The molecule has 34 heteroatoms. The van der Waals surface area contributed by atoms with Crippen molar-refractivity contribution >= 4 is 65.0 Å². The molecule has 0 bridgehead atoms. The summed E-state index contributed by atoms with van der Waals surface area (Å²) in [7, 11) is 5.63. The molecule has 34 nitrogen and oxygen atoms in total. The number of aliphatic carboxylic acids is 1. The van der Waals surface area contributed by atoms with Gasteiger partial charge in [-0.2, -0.15) is 0 Å². The normalized spacial score (nSPS) is 14.4.